The summed E-state index contributed by atoms with van der Waals surface area (Å²) in [5.41, 5.74) is 1.05. The van der Waals surface area contributed by atoms with E-state index < -0.39 is 0 Å². The lowest BCUT2D eigenvalue weighted by Crippen LogP contribution is -2.17. The largest absolute Gasteiger partial charge is 0.377 e. The summed E-state index contributed by atoms with van der Waals surface area (Å²) < 4.78 is 0. The third-order valence-corrected chi connectivity index (χ3v) is 5.66. The molecule has 1 saturated carbocycles. The molecule has 1 aromatic heterocycles. The second-order valence-corrected chi connectivity index (χ2v) is 7.10. The fourth-order valence-corrected chi connectivity index (χ4v) is 4.11. The zero-order valence-electron chi connectivity index (χ0n) is 11.1. The maximum absolute atomic E-state index is 6.11. The Morgan fingerprint density at radius 2 is 1.90 bits per heavy atom. The van der Waals surface area contributed by atoms with Crippen molar-refractivity contribution in [2.24, 2.45) is 5.92 Å². The SMILES string of the molecule is Clc1ccc(NC(c2cccs2)C2CCCC2)cc1Cl. The zero-order chi connectivity index (χ0) is 13.9. The maximum atomic E-state index is 6.11. The molecule has 4 heteroatoms. The van der Waals surface area contributed by atoms with E-state index in [1.807, 2.05) is 29.5 Å². The molecule has 106 valence electrons. The first-order valence-electron chi connectivity index (χ1n) is 6.99. The van der Waals surface area contributed by atoms with Gasteiger partial charge in [-0.25, -0.2) is 0 Å². The Kier molecular flexibility index (Phi) is 4.54. The lowest BCUT2D eigenvalue weighted by molar-refractivity contribution is 0.475. The molecule has 2 aromatic rings. The lowest BCUT2D eigenvalue weighted by atomic mass is 9.96. The Labute approximate surface area is 133 Å². The maximum Gasteiger partial charge on any atom is 0.0634 e. The summed E-state index contributed by atoms with van der Waals surface area (Å²) in [6.07, 6.45) is 5.29. The zero-order valence-corrected chi connectivity index (χ0v) is 13.4. The standard InChI is InChI=1S/C16H17Cl2NS/c17-13-8-7-12(10-14(13)18)19-16(11-4-1-2-5-11)15-6-3-9-20-15/h3,6-11,16,19H,1-2,4-5H2. The number of anilines is 1. The molecule has 0 bridgehead atoms. The number of benzene rings is 1. The van der Waals surface area contributed by atoms with Gasteiger partial charge >= 0.3 is 0 Å². The lowest BCUT2D eigenvalue weighted by Gasteiger charge is -2.25. The average molecular weight is 326 g/mol. The molecule has 1 N–H and O–H groups in total. The minimum absolute atomic E-state index is 0.384. The Balaban J connectivity index is 1.84. The van der Waals surface area contributed by atoms with E-state index in [0.29, 0.717) is 22.0 Å². The molecule has 1 fully saturated rings. The van der Waals surface area contributed by atoms with Crippen LogP contribution >= 0.6 is 34.5 Å². The molecule has 1 aliphatic carbocycles. The van der Waals surface area contributed by atoms with Gasteiger partial charge in [0.1, 0.15) is 0 Å². The smallest absolute Gasteiger partial charge is 0.0634 e. The summed E-state index contributed by atoms with van der Waals surface area (Å²) in [7, 11) is 0. The van der Waals surface area contributed by atoms with Crippen molar-refractivity contribution in [1.82, 2.24) is 0 Å². The van der Waals surface area contributed by atoms with Gasteiger partial charge in [-0.1, -0.05) is 42.1 Å². The van der Waals surface area contributed by atoms with Gasteiger partial charge in [-0.15, -0.1) is 11.3 Å². The van der Waals surface area contributed by atoms with Crippen LogP contribution in [0.25, 0.3) is 0 Å². The summed E-state index contributed by atoms with van der Waals surface area (Å²) in [5.74, 6) is 0.711. The molecular weight excluding hydrogens is 309 g/mol. The molecule has 1 nitrogen and oxygen atoms in total. The van der Waals surface area contributed by atoms with Crippen LogP contribution in [0.3, 0.4) is 0 Å². The van der Waals surface area contributed by atoms with Crippen LogP contribution in [0, 0.1) is 5.92 Å². The number of halogens is 2. The monoisotopic (exact) mass is 325 g/mol. The molecule has 0 aliphatic heterocycles. The first-order valence-corrected chi connectivity index (χ1v) is 8.62. The van der Waals surface area contributed by atoms with E-state index in [-0.39, 0.29) is 0 Å². The number of hydrogen-bond acceptors (Lipinski definition) is 2. The molecule has 3 rings (SSSR count). The van der Waals surface area contributed by atoms with Gasteiger partial charge in [0, 0.05) is 10.6 Å². The van der Waals surface area contributed by atoms with Gasteiger partial charge in [0.05, 0.1) is 16.1 Å². The topological polar surface area (TPSA) is 12.0 Å². The van der Waals surface area contributed by atoms with Gasteiger partial charge in [0.2, 0.25) is 0 Å². The van der Waals surface area contributed by atoms with Gasteiger partial charge < -0.3 is 5.32 Å². The van der Waals surface area contributed by atoms with Gasteiger partial charge in [-0.2, -0.15) is 0 Å². The van der Waals surface area contributed by atoms with Gasteiger partial charge in [-0.3, -0.25) is 0 Å². The normalized spacial score (nSPS) is 17.3. The average Bonchev–Trinajstić information content (AvgIpc) is 3.12. The van der Waals surface area contributed by atoms with Crippen LogP contribution in [0.1, 0.15) is 36.6 Å². The van der Waals surface area contributed by atoms with Crippen molar-refractivity contribution in [3.05, 3.63) is 50.6 Å². The van der Waals surface area contributed by atoms with Crippen LogP contribution in [0.2, 0.25) is 10.0 Å². The van der Waals surface area contributed by atoms with Crippen molar-refractivity contribution in [2.45, 2.75) is 31.7 Å². The third kappa shape index (κ3) is 3.13. The van der Waals surface area contributed by atoms with Gasteiger partial charge in [-0.05, 0) is 48.4 Å². The van der Waals surface area contributed by atoms with E-state index in [4.69, 9.17) is 23.2 Å². The Bertz CT molecular complexity index is 562. The quantitative estimate of drug-likeness (QED) is 0.685. The number of rotatable bonds is 4. The highest BCUT2D eigenvalue weighted by molar-refractivity contribution is 7.10. The van der Waals surface area contributed by atoms with Crippen LogP contribution in [-0.4, -0.2) is 0 Å². The fourth-order valence-electron chi connectivity index (χ4n) is 2.95. The van der Waals surface area contributed by atoms with Crippen LogP contribution in [-0.2, 0) is 0 Å². The van der Waals surface area contributed by atoms with Crippen LogP contribution < -0.4 is 5.32 Å². The van der Waals surface area contributed by atoms with Crippen LogP contribution in [0.4, 0.5) is 5.69 Å². The molecular formula is C16H17Cl2NS. The predicted octanol–water partition coefficient (Wildman–Crippen LogP) is 6.40. The molecule has 1 aromatic carbocycles. The van der Waals surface area contributed by atoms with Crippen molar-refractivity contribution < 1.29 is 0 Å². The molecule has 1 atom stereocenters. The molecule has 0 spiro atoms. The number of nitrogens with one attached hydrogen (secondary N) is 1. The molecule has 1 unspecified atom stereocenters. The summed E-state index contributed by atoms with van der Waals surface area (Å²) in [6, 6.07) is 10.5. The van der Waals surface area contributed by atoms with E-state index in [1.54, 1.807) is 0 Å². The van der Waals surface area contributed by atoms with Crippen molar-refractivity contribution in [3.63, 3.8) is 0 Å². The molecule has 0 saturated heterocycles. The van der Waals surface area contributed by atoms with E-state index in [2.05, 4.69) is 22.8 Å². The Morgan fingerprint density at radius 3 is 2.55 bits per heavy atom. The van der Waals surface area contributed by atoms with E-state index in [9.17, 15) is 0 Å². The van der Waals surface area contributed by atoms with E-state index >= 15 is 0 Å². The second kappa shape index (κ2) is 6.38. The number of hydrogen-bond donors (Lipinski definition) is 1. The molecule has 1 aliphatic rings. The second-order valence-electron chi connectivity index (χ2n) is 5.31. The first kappa shape index (κ1) is 14.2. The molecule has 0 amide bonds. The summed E-state index contributed by atoms with van der Waals surface area (Å²) in [6.45, 7) is 0. The van der Waals surface area contributed by atoms with E-state index in [0.717, 1.165) is 5.69 Å². The van der Waals surface area contributed by atoms with Crippen molar-refractivity contribution in [2.75, 3.05) is 5.32 Å². The van der Waals surface area contributed by atoms with Crippen LogP contribution in [0.5, 0.6) is 0 Å². The highest BCUT2D eigenvalue weighted by Crippen LogP contribution is 2.40. The molecule has 1 heterocycles. The first-order chi connectivity index (χ1) is 9.74. The predicted molar refractivity (Wildman–Crippen MR) is 89.1 cm³/mol. The van der Waals surface area contributed by atoms with Crippen LogP contribution in [0.15, 0.2) is 35.7 Å². The molecule has 0 radical (unpaired) electrons. The summed E-state index contributed by atoms with van der Waals surface area (Å²) in [5, 5.41) is 7.01. The highest BCUT2D eigenvalue weighted by atomic mass is 35.5. The third-order valence-electron chi connectivity index (χ3n) is 3.96. The number of thiophene rings is 1. The van der Waals surface area contributed by atoms with Gasteiger partial charge in [0.25, 0.3) is 0 Å². The van der Waals surface area contributed by atoms with Crippen molar-refractivity contribution in [3.8, 4) is 0 Å². The Hall–Kier alpha value is -0.700. The van der Waals surface area contributed by atoms with Crippen molar-refractivity contribution >= 4 is 40.2 Å². The van der Waals surface area contributed by atoms with Gasteiger partial charge in [0.15, 0.2) is 0 Å². The van der Waals surface area contributed by atoms with Crippen molar-refractivity contribution in [1.29, 1.82) is 0 Å². The summed E-state index contributed by atoms with van der Waals surface area (Å²) >= 11 is 13.9. The highest BCUT2D eigenvalue weighted by Gasteiger charge is 2.27. The summed E-state index contributed by atoms with van der Waals surface area (Å²) in [4.78, 5) is 1.41. The van der Waals surface area contributed by atoms with E-state index in [1.165, 1.54) is 30.6 Å². The minimum Gasteiger partial charge on any atom is -0.377 e. The minimum atomic E-state index is 0.384. The Morgan fingerprint density at radius 1 is 1.10 bits per heavy atom. The molecule has 20 heavy (non-hydrogen) atoms. The fraction of sp³-hybridized carbons (Fsp3) is 0.375.